The van der Waals surface area contributed by atoms with E-state index in [0.29, 0.717) is 12.1 Å². The minimum absolute atomic E-state index is 0.143. The van der Waals surface area contributed by atoms with E-state index in [2.05, 4.69) is 9.88 Å². The van der Waals surface area contributed by atoms with Crippen LogP contribution in [0.5, 0.6) is 0 Å². The lowest BCUT2D eigenvalue weighted by Gasteiger charge is -2.22. The standard InChI is InChI=1S/C23H24FN3O2/c24-21-9-2-1-7-18(21)15-27(16-19-8-3-4-12-25-19)23(28)22-11-10-20(29-22)17-26-13-5-6-14-26/h1-4,7-12H,5-6,13-17H2. The maximum absolute atomic E-state index is 14.2. The number of nitrogens with zero attached hydrogens (tertiary/aromatic N) is 3. The van der Waals surface area contributed by atoms with Gasteiger partial charge in [0.15, 0.2) is 5.76 Å². The molecule has 1 aliphatic heterocycles. The van der Waals surface area contributed by atoms with Crippen molar-refractivity contribution in [3.8, 4) is 0 Å². The van der Waals surface area contributed by atoms with Crippen molar-refractivity contribution in [2.24, 2.45) is 0 Å². The van der Waals surface area contributed by atoms with Gasteiger partial charge in [0.05, 0.1) is 18.8 Å². The highest BCUT2D eigenvalue weighted by Gasteiger charge is 2.22. The highest BCUT2D eigenvalue weighted by atomic mass is 19.1. The molecular formula is C23H24FN3O2. The Morgan fingerprint density at radius 3 is 2.59 bits per heavy atom. The molecule has 0 atom stereocenters. The predicted molar refractivity (Wildman–Crippen MR) is 107 cm³/mol. The van der Waals surface area contributed by atoms with E-state index < -0.39 is 0 Å². The van der Waals surface area contributed by atoms with E-state index in [1.54, 1.807) is 35.4 Å². The van der Waals surface area contributed by atoms with Gasteiger partial charge in [0.25, 0.3) is 5.91 Å². The smallest absolute Gasteiger partial charge is 0.290 e. The van der Waals surface area contributed by atoms with Gasteiger partial charge in [-0.1, -0.05) is 24.3 Å². The van der Waals surface area contributed by atoms with Crippen LogP contribution < -0.4 is 0 Å². The maximum atomic E-state index is 14.2. The number of amides is 1. The first-order valence-corrected chi connectivity index (χ1v) is 9.93. The van der Waals surface area contributed by atoms with E-state index in [0.717, 1.165) is 24.5 Å². The van der Waals surface area contributed by atoms with Crippen molar-refractivity contribution in [2.45, 2.75) is 32.5 Å². The summed E-state index contributed by atoms with van der Waals surface area (Å²) in [5, 5.41) is 0. The third-order valence-electron chi connectivity index (χ3n) is 5.14. The van der Waals surface area contributed by atoms with E-state index in [1.165, 1.54) is 18.9 Å². The molecule has 29 heavy (non-hydrogen) atoms. The highest BCUT2D eigenvalue weighted by molar-refractivity contribution is 5.91. The second-order valence-corrected chi connectivity index (χ2v) is 7.32. The second kappa shape index (κ2) is 9.01. The lowest BCUT2D eigenvalue weighted by atomic mass is 10.2. The first kappa shape index (κ1) is 19.3. The molecule has 0 spiro atoms. The van der Waals surface area contributed by atoms with Crippen LogP contribution in [0.3, 0.4) is 0 Å². The van der Waals surface area contributed by atoms with Gasteiger partial charge in [-0.3, -0.25) is 14.7 Å². The molecule has 0 aliphatic carbocycles. The van der Waals surface area contributed by atoms with Crippen LogP contribution in [-0.2, 0) is 19.6 Å². The topological polar surface area (TPSA) is 49.6 Å². The first-order valence-electron chi connectivity index (χ1n) is 9.93. The summed E-state index contributed by atoms with van der Waals surface area (Å²) in [5.41, 5.74) is 1.20. The van der Waals surface area contributed by atoms with Crippen LogP contribution >= 0.6 is 0 Å². The Kier molecular flexibility index (Phi) is 6.00. The number of likely N-dealkylation sites (tertiary alicyclic amines) is 1. The fraction of sp³-hybridized carbons (Fsp3) is 0.304. The molecule has 1 amide bonds. The summed E-state index contributed by atoms with van der Waals surface area (Å²) < 4.78 is 20.1. The quantitative estimate of drug-likeness (QED) is 0.602. The molecule has 6 heteroatoms. The van der Waals surface area contributed by atoms with Gasteiger partial charge in [0, 0.05) is 18.3 Å². The molecule has 1 saturated heterocycles. The molecule has 150 valence electrons. The monoisotopic (exact) mass is 393 g/mol. The van der Waals surface area contributed by atoms with E-state index in [1.807, 2.05) is 24.3 Å². The van der Waals surface area contributed by atoms with Gasteiger partial charge in [0.1, 0.15) is 11.6 Å². The van der Waals surface area contributed by atoms with Crippen LogP contribution in [0.15, 0.2) is 65.2 Å². The van der Waals surface area contributed by atoms with Crippen LogP contribution in [0.2, 0.25) is 0 Å². The third-order valence-corrected chi connectivity index (χ3v) is 5.14. The molecule has 1 aromatic carbocycles. The molecule has 4 rings (SSSR count). The zero-order valence-corrected chi connectivity index (χ0v) is 16.3. The summed E-state index contributed by atoms with van der Waals surface area (Å²) in [4.78, 5) is 21.4. The molecular weight excluding hydrogens is 369 g/mol. The van der Waals surface area contributed by atoms with Gasteiger partial charge < -0.3 is 9.32 Å². The normalized spacial score (nSPS) is 14.2. The Morgan fingerprint density at radius 2 is 1.83 bits per heavy atom. The number of benzene rings is 1. The zero-order valence-electron chi connectivity index (χ0n) is 16.3. The number of pyridine rings is 1. The summed E-state index contributed by atoms with van der Waals surface area (Å²) in [6, 6.07) is 15.6. The Hall–Kier alpha value is -2.99. The predicted octanol–water partition coefficient (Wildman–Crippen LogP) is 4.25. The number of furan rings is 1. The number of halogens is 1. The summed E-state index contributed by atoms with van der Waals surface area (Å²) >= 11 is 0. The summed E-state index contributed by atoms with van der Waals surface area (Å²) in [6.45, 7) is 3.24. The van der Waals surface area contributed by atoms with E-state index in [4.69, 9.17) is 4.42 Å². The molecule has 0 unspecified atom stereocenters. The molecule has 1 fully saturated rings. The van der Waals surface area contributed by atoms with Gasteiger partial charge >= 0.3 is 0 Å². The second-order valence-electron chi connectivity index (χ2n) is 7.32. The molecule has 3 aromatic rings. The van der Waals surface area contributed by atoms with Crippen molar-refractivity contribution < 1.29 is 13.6 Å². The Bertz CT molecular complexity index is 952. The number of hydrogen-bond acceptors (Lipinski definition) is 4. The van der Waals surface area contributed by atoms with Gasteiger partial charge in [-0.05, 0) is 56.3 Å². The number of rotatable bonds is 7. The lowest BCUT2D eigenvalue weighted by Crippen LogP contribution is -2.30. The van der Waals surface area contributed by atoms with Crippen LogP contribution in [0.25, 0.3) is 0 Å². The van der Waals surface area contributed by atoms with Crippen molar-refractivity contribution in [3.63, 3.8) is 0 Å². The Labute approximate surface area is 169 Å². The number of carbonyl (C=O) groups is 1. The van der Waals surface area contributed by atoms with Crippen molar-refractivity contribution in [2.75, 3.05) is 13.1 Å². The molecule has 2 aromatic heterocycles. The summed E-state index contributed by atoms with van der Waals surface area (Å²) in [5.74, 6) is 0.442. The van der Waals surface area contributed by atoms with Crippen molar-refractivity contribution in [1.29, 1.82) is 0 Å². The SMILES string of the molecule is O=C(c1ccc(CN2CCCC2)o1)N(Cc1ccccn1)Cc1ccccc1F. The molecule has 0 saturated carbocycles. The minimum Gasteiger partial charge on any atom is -0.455 e. The van der Waals surface area contributed by atoms with Crippen LogP contribution in [0.1, 0.15) is 40.4 Å². The number of hydrogen-bond donors (Lipinski definition) is 0. The van der Waals surface area contributed by atoms with Crippen molar-refractivity contribution in [1.82, 2.24) is 14.8 Å². The highest BCUT2D eigenvalue weighted by Crippen LogP contribution is 2.19. The number of carbonyl (C=O) groups excluding carboxylic acids is 1. The maximum Gasteiger partial charge on any atom is 0.290 e. The van der Waals surface area contributed by atoms with Gasteiger partial charge in [0.2, 0.25) is 0 Å². The van der Waals surface area contributed by atoms with Crippen LogP contribution in [0.4, 0.5) is 4.39 Å². The summed E-state index contributed by atoms with van der Waals surface area (Å²) in [7, 11) is 0. The molecule has 5 nitrogen and oxygen atoms in total. The Morgan fingerprint density at radius 1 is 1.03 bits per heavy atom. The first-order chi connectivity index (χ1) is 14.2. The van der Waals surface area contributed by atoms with Gasteiger partial charge in [-0.15, -0.1) is 0 Å². The van der Waals surface area contributed by atoms with Gasteiger partial charge in [-0.2, -0.15) is 0 Å². The fourth-order valence-electron chi connectivity index (χ4n) is 3.61. The zero-order chi connectivity index (χ0) is 20.1. The summed E-state index contributed by atoms with van der Waals surface area (Å²) in [6.07, 6.45) is 4.09. The fourth-order valence-corrected chi connectivity index (χ4v) is 3.61. The average molecular weight is 393 g/mol. The van der Waals surface area contributed by atoms with E-state index in [9.17, 15) is 9.18 Å². The molecule has 3 heterocycles. The lowest BCUT2D eigenvalue weighted by molar-refractivity contribution is 0.0690. The molecule has 1 aliphatic rings. The van der Waals surface area contributed by atoms with Crippen molar-refractivity contribution in [3.05, 3.63) is 89.4 Å². The van der Waals surface area contributed by atoms with Crippen LogP contribution in [-0.4, -0.2) is 33.8 Å². The molecule has 0 N–H and O–H groups in total. The van der Waals surface area contributed by atoms with Gasteiger partial charge in [-0.25, -0.2) is 4.39 Å². The van der Waals surface area contributed by atoms with E-state index >= 15 is 0 Å². The molecule has 0 bridgehead atoms. The minimum atomic E-state index is -0.333. The van der Waals surface area contributed by atoms with E-state index in [-0.39, 0.29) is 30.6 Å². The Balaban J connectivity index is 1.53. The molecule has 0 radical (unpaired) electrons. The van der Waals surface area contributed by atoms with Crippen LogP contribution in [0, 0.1) is 5.82 Å². The number of aromatic nitrogens is 1. The third kappa shape index (κ3) is 4.90. The largest absolute Gasteiger partial charge is 0.455 e. The average Bonchev–Trinajstić information content (AvgIpc) is 3.42. The van der Waals surface area contributed by atoms with Crippen molar-refractivity contribution >= 4 is 5.91 Å².